The van der Waals surface area contributed by atoms with Gasteiger partial charge in [-0.25, -0.2) is 4.68 Å². The molecule has 1 amide bonds. The maximum absolute atomic E-state index is 12.9. The van der Waals surface area contributed by atoms with Crippen LogP contribution in [0.3, 0.4) is 0 Å². The SMILES string of the molecule is O=C(C=Cc1ccccc1Cl)NCc1nn(CCN2CCCC2)c(=O)c2ccccc12. The van der Waals surface area contributed by atoms with Gasteiger partial charge in [-0.3, -0.25) is 9.59 Å². The Balaban J connectivity index is 1.50. The van der Waals surface area contributed by atoms with Crippen molar-refractivity contribution in [3.8, 4) is 0 Å². The number of hydrogen-bond acceptors (Lipinski definition) is 4. The van der Waals surface area contributed by atoms with E-state index in [9.17, 15) is 9.59 Å². The van der Waals surface area contributed by atoms with E-state index in [2.05, 4.69) is 15.3 Å². The molecule has 2 aromatic carbocycles. The number of carbonyl (C=O) groups is 1. The summed E-state index contributed by atoms with van der Waals surface area (Å²) < 4.78 is 1.53. The number of likely N-dealkylation sites (tertiary alicyclic amines) is 1. The van der Waals surface area contributed by atoms with E-state index < -0.39 is 0 Å². The number of amides is 1. The van der Waals surface area contributed by atoms with Crippen LogP contribution in [0.1, 0.15) is 24.1 Å². The number of benzene rings is 2. The van der Waals surface area contributed by atoms with Crippen LogP contribution in [0.2, 0.25) is 5.02 Å². The fourth-order valence-corrected chi connectivity index (χ4v) is 4.03. The smallest absolute Gasteiger partial charge is 0.274 e. The number of nitrogens with zero attached hydrogens (tertiary/aromatic N) is 3. The third-order valence-corrected chi connectivity index (χ3v) is 5.86. The lowest BCUT2D eigenvalue weighted by Crippen LogP contribution is -2.32. The molecule has 1 fully saturated rings. The number of fused-ring (bicyclic) bond motifs is 1. The normalized spacial score (nSPS) is 14.5. The molecule has 4 rings (SSSR count). The van der Waals surface area contributed by atoms with Gasteiger partial charge < -0.3 is 10.2 Å². The molecule has 1 aromatic heterocycles. The van der Waals surface area contributed by atoms with Crippen LogP contribution in [0.5, 0.6) is 0 Å². The van der Waals surface area contributed by atoms with Gasteiger partial charge in [0.25, 0.3) is 5.56 Å². The first-order valence-electron chi connectivity index (χ1n) is 10.5. The van der Waals surface area contributed by atoms with E-state index in [4.69, 9.17) is 11.6 Å². The Morgan fingerprint density at radius 3 is 2.52 bits per heavy atom. The number of rotatable bonds is 7. The summed E-state index contributed by atoms with van der Waals surface area (Å²) in [6.45, 7) is 3.72. The van der Waals surface area contributed by atoms with E-state index in [1.165, 1.54) is 23.6 Å². The number of hydrogen-bond donors (Lipinski definition) is 1. The molecule has 3 aromatic rings. The average Bonchev–Trinajstić information content (AvgIpc) is 3.31. The van der Waals surface area contributed by atoms with Crippen molar-refractivity contribution in [3.63, 3.8) is 0 Å². The predicted octanol–water partition coefficient (Wildman–Crippen LogP) is 3.48. The lowest BCUT2D eigenvalue weighted by Gasteiger charge is -2.16. The second-order valence-corrected chi connectivity index (χ2v) is 8.05. The monoisotopic (exact) mass is 436 g/mol. The molecule has 1 N–H and O–H groups in total. The molecule has 31 heavy (non-hydrogen) atoms. The fourth-order valence-electron chi connectivity index (χ4n) is 3.84. The highest BCUT2D eigenvalue weighted by atomic mass is 35.5. The summed E-state index contributed by atoms with van der Waals surface area (Å²) in [7, 11) is 0. The standard InChI is InChI=1S/C24H25ClN4O2/c25-21-10-4-1-7-18(21)11-12-23(30)26-17-22-19-8-2-3-9-20(19)24(31)29(27-22)16-15-28-13-5-6-14-28/h1-4,7-12H,5-6,13-17H2,(H,26,30). The second-order valence-electron chi connectivity index (χ2n) is 7.64. The first-order chi connectivity index (χ1) is 15.1. The lowest BCUT2D eigenvalue weighted by atomic mass is 10.1. The summed E-state index contributed by atoms with van der Waals surface area (Å²) >= 11 is 6.13. The third kappa shape index (κ3) is 5.21. The Bertz CT molecular complexity index is 1170. The molecule has 0 unspecified atom stereocenters. The zero-order chi connectivity index (χ0) is 21.6. The molecule has 0 atom stereocenters. The highest BCUT2D eigenvalue weighted by molar-refractivity contribution is 6.32. The molecule has 1 saturated heterocycles. The maximum Gasteiger partial charge on any atom is 0.274 e. The number of carbonyl (C=O) groups excluding carboxylic acids is 1. The first-order valence-corrected chi connectivity index (χ1v) is 10.9. The topological polar surface area (TPSA) is 67.2 Å². The minimum absolute atomic E-state index is 0.0940. The molecule has 0 bridgehead atoms. The van der Waals surface area contributed by atoms with Crippen LogP contribution >= 0.6 is 11.6 Å². The highest BCUT2D eigenvalue weighted by Gasteiger charge is 2.14. The van der Waals surface area contributed by atoms with Crippen molar-refractivity contribution < 1.29 is 4.79 Å². The van der Waals surface area contributed by atoms with Crippen LogP contribution in [-0.4, -0.2) is 40.2 Å². The molecule has 160 valence electrons. The second kappa shape index (κ2) is 9.90. The van der Waals surface area contributed by atoms with E-state index in [1.54, 1.807) is 12.1 Å². The largest absolute Gasteiger partial charge is 0.347 e. The summed E-state index contributed by atoms with van der Waals surface area (Å²) in [5.74, 6) is -0.249. The van der Waals surface area contributed by atoms with Gasteiger partial charge in [0, 0.05) is 23.0 Å². The van der Waals surface area contributed by atoms with Gasteiger partial charge in [0.15, 0.2) is 0 Å². The van der Waals surface area contributed by atoms with E-state index in [1.807, 2.05) is 42.5 Å². The molecule has 0 spiro atoms. The van der Waals surface area contributed by atoms with Gasteiger partial charge in [0.05, 0.1) is 24.2 Å². The zero-order valence-corrected chi connectivity index (χ0v) is 18.0. The van der Waals surface area contributed by atoms with E-state index in [0.29, 0.717) is 22.6 Å². The van der Waals surface area contributed by atoms with E-state index >= 15 is 0 Å². The minimum Gasteiger partial charge on any atom is -0.347 e. The molecular weight excluding hydrogens is 412 g/mol. The van der Waals surface area contributed by atoms with Gasteiger partial charge in [-0.2, -0.15) is 5.10 Å². The molecule has 2 heterocycles. The Morgan fingerprint density at radius 1 is 1.03 bits per heavy atom. The highest BCUT2D eigenvalue weighted by Crippen LogP contribution is 2.16. The summed E-state index contributed by atoms with van der Waals surface area (Å²) in [5.41, 5.74) is 1.36. The molecule has 0 saturated carbocycles. The van der Waals surface area contributed by atoms with Gasteiger partial charge in [0.2, 0.25) is 5.91 Å². The van der Waals surface area contributed by atoms with Gasteiger partial charge >= 0.3 is 0 Å². The van der Waals surface area contributed by atoms with Gasteiger partial charge in [-0.05, 0) is 49.7 Å². The lowest BCUT2D eigenvalue weighted by molar-refractivity contribution is -0.116. The van der Waals surface area contributed by atoms with Crippen molar-refractivity contribution >= 4 is 34.4 Å². The summed E-state index contributed by atoms with van der Waals surface area (Å²) in [6.07, 6.45) is 5.55. The summed E-state index contributed by atoms with van der Waals surface area (Å²) in [4.78, 5) is 27.6. The Hall–Kier alpha value is -2.96. The van der Waals surface area contributed by atoms with Gasteiger partial charge in [0.1, 0.15) is 0 Å². The van der Waals surface area contributed by atoms with Crippen LogP contribution in [0.4, 0.5) is 0 Å². The molecule has 7 heteroatoms. The van der Waals surface area contributed by atoms with Crippen molar-refractivity contribution in [3.05, 3.63) is 81.2 Å². The van der Waals surface area contributed by atoms with Crippen LogP contribution in [0, 0.1) is 0 Å². The fraction of sp³-hybridized carbons (Fsp3) is 0.292. The Morgan fingerprint density at radius 2 is 1.74 bits per heavy atom. The van der Waals surface area contributed by atoms with Crippen LogP contribution < -0.4 is 10.9 Å². The number of nitrogens with one attached hydrogen (secondary N) is 1. The molecule has 1 aliphatic heterocycles. The summed E-state index contributed by atoms with van der Waals surface area (Å²) in [5, 5.41) is 9.42. The average molecular weight is 437 g/mol. The Labute approximate surface area is 186 Å². The molecule has 0 aliphatic carbocycles. The van der Waals surface area contributed by atoms with Crippen molar-refractivity contribution in [2.45, 2.75) is 25.9 Å². The minimum atomic E-state index is -0.249. The third-order valence-electron chi connectivity index (χ3n) is 5.52. The van der Waals surface area contributed by atoms with E-state index in [0.717, 1.165) is 30.6 Å². The quantitative estimate of drug-likeness (QED) is 0.576. The van der Waals surface area contributed by atoms with Gasteiger partial charge in [-0.15, -0.1) is 0 Å². The predicted molar refractivity (Wildman–Crippen MR) is 124 cm³/mol. The summed E-state index contributed by atoms with van der Waals surface area (Å²) in [6, 6.07) is 14.7. The Kier molecular flexibility index (Phi) is 6.79. The van der Waals surface area contributed by atoms with Crippen LogP contribution in [0.15, 0.2) is 59.4 Å². The van der Waals surface area contributed by atoms with Crippen LogP contribution in [-0.2, 0) is 17.9 Å². The molecular formula is C24H25ClN4O2. The number of halogens is 1. The molecule has 0 radical (unpaired) electrons. The molecule has 6 nitrogen and oxygen atoms in total. The maximum atomic E-state index is 12.9. The first kappa shape index (κ1) is 21.3. The zero-order valence-electron chi connectivity index (χ0n) is 17.3. The van der Waals surface area contributed by atoms with Crippen LogP contribution in [0.25, 0.3) is 16.8 Å². The van der Waals surface area contributed by atoms with Crippen molar-refractivity contribution in [1.29, 1.82) is 0 Å². The van der Waals surface area contributed by atoms with Gasteiger partial charge in [-0.1, -0.05) is 48.0 Å². The van der Waals surface area contributed by atoms with Crippen molar-refractivity contribution in [2.24, 2.45) is 0 Å². The number of aromatic nitrogens is 2. The van der Waals surface area contributed by atoms with Crippen molar-refractivity contribution in [2.75, 3.05) is 19.6 Å². The van der Waals surface area contributed by atoms with Crippen molar-refractivity contribution in [1.82, 2.24) is 20.0 Å². The van der Waals surface area contributed by atoms with E-state index in [-0.39, 0.29) is 18.0 Å². The molecule has 1 aliphatic rings.